The van der Waals surface area contributed by atoms with Gasteiger partial charge in [-0.3, -0.25) is 14.6 Å². The predicted molar refractivity (Wildman–Crippen MR) is 154 cm³/mol. The van der Waals surface area contributed by atoms with E-state index in [1.165, 1.54) is 5.71 Å². The highest BCUT2D eigenvalue weighted by atomic mass is 35.5. The number of hydrogen-bond donors (Lipinski definition) is 4. The van der Waals surface area contributed by atoms with Gasteiger partial charge in [0.2, 0.25) is 11.8 Å². The van der Waals surface area contributed by atoms with Crippen molar-refractivity contribution in [3.63, 3.8) is 0 Å². The summed E-state index contributed by atoms with van der Waals surface area (Å²) in [6.07, 6.45) is 6.87. The molecule has 0 bridgehead atoms. The molecule has 228 valence electrons. The summed E-state index contributed by atoms with van der Waals surface area (Å²) in [5.41, 5.74) is 1.18. The van der Waals surface area contributed by atoms with E-state index in [4.69, 9.17) is 21.3 Å². The molecular formula is C29H45ClN6O5. The molecular weight excluding hydrogens is 548 g/mol. The number of carbonyl (C=O) groups is 2. The van der Waals surface area contributed by atoms with Crippen molar-refractivity contribution >= 4 is 29.1 Å². The Morgan fingerprint density at radius 2 is 1.78 bits per heavy atom. The summed E-state index contributed by atoms with van der Waals surface area (Å²) in [5, 5.41) is 34.9. The number of amides is 2. The quantitative estimate of drug-likeness (QED) is 0.267. The minimum absolute atomic E-state index is 0.140. The molecule has 0 radical (unpaired) electrons. The number of hydrogen-bond acceptors (Lipinski definition) is 8. The standard InChI is InChI=1S/C29H45ClN6O5/c1-16-34-35-28-22(15-25(38)31-12-13-32-29(40)20-4-3-5-24(37)27(20)39)33-26(17-6-8-18(30)9-7-17)21-14-19(41-2)10-11-23(21)36(16)28/h17-24,27,37,39H,3-15H2,1-2H3,(H,31,38)(H,32,40)/t17?,18?,19?,20?,21?,22-,23?,24?,27?/m0/s1. The summed E-state index contributed by atoms with van der Waals surface area (Å²) in [6, 6.07) is -0.254. The number of aliphatic hydroxyl groups is 2. The third-order valence-electron chi connectivity index (χ3n) is 9.66. The van der Waals surface area contributed by atoms with Crippen LogP contribution in [-0.4, -0.2) is 86.4 Å². The van der Waals surface area contributed by atoms with Crippen LogP contribution in [0.5, 0.6) is 0 Å². The van der Waals surface area contributed by atoms with Crippen molar-refractivity contribution in [3.05, 3.63) is 11.6 Å². The summed E-state index contributed by atoms with van der Waals surface area (Å²) in [6.45, 7) is 2.47. The van der Waals surface area contributed by atoms with Crippen molar-refractivity contribution in [2.45, 2.75) is 113 Å². The Bertz CT molecular complexity index is 1110. The molecule has 41 heavy (non-hydrogen) atoms. The van der Waals surface area contributed by atoms with Crippen molar-refractivity contribution in [2.24, 2.45) is 22.7 Å². The summed E-state index contributed by atoms with van der Waals surface area (Å²) in [7, 11) is 1.78. The molecule has 1 aliphatic heterocycles. The predicted octanol–water partition coefficient (Wildman–Crippen LogP) is 2.38. The highest BCUT2D eigenvalue weighted by molar-refractivity contribution is 6.20. The first-order valence-electron chi connectivity index (χ1n) is 15.3. The van der Waals surface area contributed by atoms with Gasteiger partial charge in [-0.2, -0.15) is 0 Å². The van der Waals surface area contributed by atoms with Crippen LogP contribution in [0.1, 0.15) is 94.4 Å². The normalized spacial score (nSPS) is 35.4. The summed E-state index contributed by atoms with van der Waals surface area (Å²) in [4.78, 5) is 31.0. The lowest BCUT2D eigenvalue weighted by Gasteiger charge is -2.39. The lowest BCUT2D eigenvalue weighted by molar-refractivity contribution is -0.135. The van der Waals surface area contributed by atoms with Crippen molar-refractivity contribution in [3.8, 4) is 0 Å². The zero-order chi connectivity index (χ0) is 29.1. The van der Waals surface area contributed by atoms with E-state index in [2.05, 4.69) is 25.4 Å². The molecule has 0 aromatic carbocycles. The average Bonchev–Trinajstić information content (AvgIpc) is 3.29. The molecule has 0 spiro atoms. The molecule has 11 nitrogen and oxygen atoms in total. The molecule has 0 saturated heterocycles. The second-order valence-corrected chi connectivity index (χ2v) is 12.9. The molecule has 3 aliphatic carbocycles. The average molecular weight is 593 g/mol. The van der Waals surface area contributed by atoms with Gasteiger partial charge in [0.05, 0.1) is 30.7 Å². The molecule has 7 atom stereocenters. The van der Waals surface area contributed by atoms with E-state index in [1.54, 1.807) is 7.11 Å². The highest BCUT2D eigenvalue weighted by Crippen LogP contribution is 2.45. The Balaban J connectivity index is 1.27. The molecule has 1 aromatic heterocycles. The topological polar surface area (TPSA) is 151 Å². The van der Waals surface area contributed by atoms with E-state index in [0.29, 0.717) is 25.2 Å². The molecule has 3 fully saturated rings. The van der Waals surface area contributed by atoms with Crippen molar-refractivity contribution in [1.29, 1.82) is 0 Å². The van der Waals surface area contributed by atoms with Gasteiger partial charge in [0.15, 0.2) is 5.82 Å². The minimum atomic E-state index is -1.05. The molecule has 12 heteroatoms. The smallest absolute Gasteiger partial charge is 0.225 e. The number of alkyl halides is 1. The number of ether oxygens (including phenoxy) is 1. The van der Waals surface area contributed by atoms with Gasteiger partial charge >= 0.3 is 0 Å². The van der Waals surface area contributed by atoms with E-state index in [1.807, 2.05) is 6.92 Å². The zero-order valence-electron chi connectivity index (χ0n) is 24.2. The molecule has 2 amide bonds. The monoisotopic (exact) mass is 592 g/mol. The second kappa shape index (κ2) is 13.5. The van der Waals surface area contributed by atoms with Gasteiger partial charge < -0.3 is 30.2 Å². The largest absolute Gasteiger partial charge is 0.390 e. The molecule has 6 unspecified atom stereocenters. The van der Waals surface area contributed by atoms with Gasteiger partial charge in [0.25, 0.3) is 0 Å². The van der Waals surface area contributed by atoms with Gasteiger partial charge in [0, 0.05) is 43.2 Å². The van der Waals surface area contributed by atoms with Crippen LogP contribution in [0.3, 0.4) is 0 Å². The van der Waals surface area contributed by atoms with Crippen molar-refractivity contribution < 1.29 is 24.5 Å². The molecule has 1 aromatic rings. The van der Waals surface area contributed by atoms with Gasteiger partial charge in [-0.15, -0.1) is 21.8 Å². The molecule has 2 heterocycles. The third-order valence-corrected chi connectivity index (χ3v) is 10.1. The van der Waals surface area contributed by atoms with Crippen LogP contribution < -0.4 is 10.6 Å². The number of aromatic nitrogens is 3. The minimum Gasteiger partial charge on any atom is -0.390 e. The Morgan fingerprint density at radius 1 is 1.02 bits per heavy atom. The fourth-order valence-electron chi connectivity index (χ4n) is 7.42. The van der Waals surface area contributed by atoms with E-state index in [9.17, 15) is 19.8 Å². The number of halogens is 1. The first kappa shape index (κ1) is 30.4. The molecule has 4 aliphatic rings. The van der Waals surface area contributed by atoms with Crippen LogP contribution in [0.15, 0.2) is 4.99 Å². The number of rotatable bonds is 8. The van der Waals surface area contributed by atoms with Gasteiger partial charge in [0.1, 0.15) is 11.9 Å². The first-order valence-corrected chi connectivity index (χ1v) is 15.8. The zero-order valence-corrected chi connectivity index (χ0v) is 24.9. The molecule has 4 N–H and O–H groups in total. The number of fused-ring (bicyclic) bond motifs is 3. The number of aliphatic hydroxyl groups excluding tert-OH is 2. The van der Waals surface area contributed by atoms with Crippen molar-refractivity contribution in [1.82, 2.24) is 25.4 Å². The van der Waals surface area contributed by atoms with Crippen LogP contribution in [0, 0.1) is 24.7 Å². The van der Waals surface area contributed by atoms with Crippen LogP contribution in [0.25, 0.3) is 0 Å². The maximum absolute atomic E-state index is 13.2. The summed E-state index contributed by atoms with van der Waals surface area (Å²) < 4.78 is 8.03. The summed E-state index contributed by atoms with van der Waals surface area (Å²) >= 11 is 6.46. The van der Waals surface area contributed by atoms with E-state index < -0.39 is 24.2 Å². The van der Waals surface area contributed by atoms with E-state index >= 15 is 0 Å². The fraction of sp³-hybridized carbons (Fsp3) is 0.828. The molecule has 5 rings (SSSR count). The van der Waals surface area contributed by atoms with Gasteiger partial charge in [-0.05, 0) is 77.0 Å². The Hall–Kier alpha value is -2.08. The number of nitrogens with one attached hydrogen (secondary N) is 2. The maximum atomic E-state index is 13.2. The number of aliphatic imine (C=N–C) groups is 1. The SMILES string of the molecule is COC1CCC2C(C1)C(C1CCC(Cl)CC1)=N[C@@H](CC(=O)NCCNC(=O)C1CCCC(O)C1O)c1nnc(C)n12. The van der Waals surface area contributed by atoms with Crippen LogP contribution in [0.4, 0.5) is 0 Å². The maximum Gasteiger partial charge on any atom is 0.225 e. The Labute approximate surface area is 246 Å². The van der Waals surface area contributed by atoms with Crippen molar-refractivity contribution in [2.75, 3.05) is 20.2 Å². The second-order valence-electron chi connectivity index (χ2n) is 12.3. The first-order chi connectivity index (χ1) is 19.8. The third kappa shape index (κ3) is 6.78. The van der Waals surface area contributed by atoms with Crippen LogP contribution >= 0.6 is 11.6 Å². The number of methoxy groups -OCH3 is 1. The summed E-state index contributed by atoms with van der Waals surface area (Å²) in [5.74, 6) is 1.03. The lowest BCUT2D eigenvalue weighted by atomic mass is 9.72. The van der Waals surface area contributed by atoms with Crippen LogP contribution in [-0.2, 0) is 14.3 Å². The highest BCUT2D eigenvalue weighted by Gasteiger charge is 2.43. The fourth-order valence-corrected chi connectivity index (χ4v) is 7.67. The lowest BCUT2D eigenvalue weighted by Crippen LogP contribution is -2.47. The van der Waals surface area contributed by atoms with E-state index in [-0.39, 0.29) is 54.8 Å². The van der Waals surface area contributed by atoms with Gasteiger partial charge in [-0.1, -0.05) is 0 Å². The molecule has 3 saturated carbocycles. The van der Waals surface area contributed by atoms with Crippen LogP contribution in [0.2, 0.25) is 0 Å². The van der Waals surface area contributed by atoms with E-state index in [0.717, 1.165) is 56.6 Å². The Morgan fingerprint density at radius 3 is 2.54 bits per heavy atom. The number of nitrogens with zero attached hydrogens (tertiary/aromatic N) is 4. The van der Waals surface area contributed by atoms with Gasteiger partial charge in [-0.25, -0.2) is 0 Å². The number of aryl methyl sites for hydroxylation is 1. The number of carbonyl (C=O) groups excluding carboxylic acids is 2. The Kier molecular flexibility index (Phi) is 9.99.